The highest BCUT2D eigenvalue weighted by molar-refractivity contribution is 5.76. The van der Waals surface area contributed by atoms with Crippen LogP contribution in [0.4, 0.5) is 4.79 Å². The third-order valence-corrected chi connectivity index (χ3v) is 3.81. The van der Waals surface area contributed by atoms with Gasteiger partial charge in [-0.1, -0.05) is 42.5 Å². The quantitative estimate of drug-likeness (QED) is 0.634. The molecular formula is C20H24N2O4. The highest BCUT2D eigenvalue weighted by atomic mass is 16.5. The molecule has 0 aliphatic carbocycles. The molecule has 0 aliphatic heterocycles. The lowest BCUT2D eigenvalue weighted by Gasteiger charge is -2.14. The van der Waals surface area contributed by atoms with E-state index >= 15 is 0 Å². The number of hydrogen-bond donors (Lipinski definition) is 3. The second-order valence-electron chi connectivity index (χ2n) is 5.98. The lowest BCUT2D eigenvalue weighted by Crippen LogP contribution is -2.29. The molecule has 6 nitrogen and oxygen atoms in total. The maximum absolute atomic E-state index is 11.9. The molecule has 6 heteroatoms. The number of nitrogens with one attached hydrogen (secondary N) is 2. The van der Waals surface area contributed by atoms with Crippen molar-refractivity contribution < 1.29 is 19.4 Å². The Labute approximate surface area is 153 Å². The van der Waals surface area contributed by atoms with E-state index in [1.54, 1.807) is 18.2 Å². The molecular weight excluding hydrogens is 332 g/mol. The maximum atomic E-state index is 11.9. The van der Waals surface area contributed by atoms with Crippen molar-refractivity contribution in [2.24, 2.45) is 0 Å². The number of benzene rings is 2. The summed E-state index contributed by atoms with van der Waals surface area (Å²) < 4.78 is 5.09. The number of carbonyl (C=O) groups is 2. The molecule has 0 bridgehead atoms. The topological polar surface area (TPSA) is 87.7 Å². The lowest BCUT2D eigenvalue weighted by atomic mass is 10.1. The summed E-state index contributed by atoms with van der Waals surface area (Å²) in [6.45, 7) is 2.43. The Balaban J connectivity index is 1.60. The van der Waals surface area contributed by atoms with Gasteiger partial charge in [0.25, 0.3) is 0 Å². The third kappa shape index (κ3) is 6.84. The van der Waals surface area contributed by atoms with Crippen LogP contribution in [0.2, 0.25) is 0 Å². The zero-order chi connectivity index (χ0) is 18.8. The second-order valence-corrected chi connectivity index (χ2v) is 5.98. The van der Waals surface area contributed by atoms with Gasteiger partial charge >= 0.3 is 6.09 Å². The Kier molecular flexibility index (Phi) is 7.49. The van der Waals surface area contributed by atoms with Crippen LogP contribution in [-0.4, -0.2) is 23.7 Å². The number of phenols is 1. The minimum absolute atomic E-state index is 0.111. The van der Waals surface area contributed by atoms with Gasteiger partial charge in [-0.2, -0.15) is 0 Å². The van der Waals surface area contributed by atoms with Crippen molar-refractivity contribution in [1.82, 2.24) is 10.6 Å². The van der Waals surface area contributed by atoms with Crippen LogP contribution in [0.1, 0.15) is 36.9 Å². The van der Waals surface area contributed by atoms with E-state index in [1.165, 1.54) is 0 Å². The van der Waals surface area contributed by atoms with Crippen molar-refractivity contribution in [3.63, 3.8) is 0 Å². The molecule has 2 aromatic carbocycles. The normalized spacial score (nSPS) is 11.4. The van der Waals surface area contributed by atoms with Gasteiger partial charge in [0.1, 0.15) is 12.4 Å². The first-order valence-corrected chi connectivity index (χ1v) is 8.57. The largest absolute Gasteiger partial charge is 0.508 e. The minimum atomic E-state index is -0.498. The average Bonchev–Trinajstić information content (AvgIpc) is 2.64. The van der Waals surface area contributed by atoms with E-state index in [0.29, 0.717) is 19.4 Å². The fourth-order valence-electron chi connectivity index (χ4n) is 2.40. The molecule has 2 aromatic rings. The van der Waals surface area contributed by atoms with Gasteiger partial charge < -0.3 is 20.5 Å². The smallest absolute Gasteiger partial charge is 0.407 e. The lowest BCUT2D eigenvalue weighted by molar-refractivity contribution is -0.121. The molecule has 0 heterocycles. The van der Waals surface area contributed by atoms with Crippen LogP contribution >= 0.6 is 0 Å². The first-order valence-electron chi connectivity index (χ1n) is 8.57. The van der Waals surface area contributed by atoms with Gasteiger partial charge in [0.15, 0.2) is 0 Å². The van der Waals surface area contributed by atoms with Crippen molar-refractivity contribution in [3.8, 4) is 5.75 Å². The van der Waals surface area contributed by atoms with E-state index in [9.17, 15) is 14.7 Å². The highest BCUT2D eigenvalue weighted by Crippen LogP contribution is 2.17. The SMILES string of the molecule is CC(NC(=O)CCCNC(=O)OCc1ccccc1)c1cccc(O)c1. The first kappa shape index (κ1) is 19.3. The van der Waals surface area contributed by atoms with Gasteiger partial charge in [0.05, 0.1) is 6.04 Å². The molecule has 26 heavy (non-hydrogen) atoms. The van der Waals surface area contributed by atoms with Crippen molar-refractivity contribution in [2.45, 2.75) is 32.4 Å². The van der Waals surface area contributed by atoms with Crippen LogP contribution in [0.25, 0.3) is 0 Å². The van der Waals surface area contributed by atoms with Crippen molar-refractivity contribution >= 4 is 12.0 Å². The van der Waals surface area contributed by atoms with Crippen LogP contribution in [0.15, 0.2) is 54.6 Å². The Morgan fingerprint density at radius 2 is 1.88 bits per heavy atom. The van der Waals surface area contributed by atoms with Crippen LogP contribution in [-0.2, 0) is 16.1 Å². The second kappa shape index (κ2) is 10.1. The molecule has 0 aromatic heterocycles. The van der Waals surface area contributed by atoms with Crippen LogP contribution in [0.3, 0.4) is 0 Å². The number of alkyl carbamates (subject to hydrolysis) is 1. The fourth-order valence-corrected chi connectivity index (χ4v) is 2.40. The number of carbonyl (C=O) groups excluding carboxylic acids is 2. The predicted octanol–water partition coefficient (Wildman–Crippen LogP) is 3.28. The average molecular weight is 356 g/mol. The van der Waals surface area contributed by atoms with Gasteiger partial charge in [0.2, 0.25) is 5.91 Å². The number of ether oxygens (including phenoxy) is 1. The summed E-state index contributed by atoms with van der Waals surface area (Å²) in [4.78, 5) is 23.5. The third-order valence-electron chi connectivity index (χ3n) is 3.81. The van der Waals surface area contributed by atoms with Crippen molar-refractivity contribution in [1.29, 1.82) is 0 Å². The summed E-state index contributed by atoms with van der Waals surface area (Å²) >= 11 is 0. The summed E-state index contributed by atoms with van der Waals surface area (Å²) in [7, 11) is 0. The zero-order valence-corrected chi connectivity index (χ0v) is 14.8. The maximum Gasteiger partial charge on any atom is 0.407 e. The minimum Gasteiger partial charge on any atom is -0.508 e. The number of amides is 2. The van der Waals surface area contributed by atoms with E-state index in [4.69, 9.17) is 4.74 Å². The van der Waals surface area contributed by atoms with Crippen LogP contribution in [0, 0.1) is 0 Å². The summed E-state index contributed by atoms with van der Waals surface area (Å²) in [5.41, 5.74) is 1.75. The number of phenolic OH excluding ortho intramolecular Hbond substituents is 1. The Morgan fingerprint density at radius 3 is 2.62 bits per heavy atom. The zero-order valence-electron chi connectivity index (χ0n) is 14.8. The van der Waals surface area contributed by atoms with E-state index in [1.807, 2.05) is 43.3 Å². The van der Waals surface area contributed by atoms with Gasteiger partial charge in [-0.3, -0.25) is 4.79 Å². The monoisotopic (exact) mass is 356 g/mol. The summed E-state index contributed by atoms with van der Waals surface area (Å²) in [6, 6.07) is 16.0. The molecule has 2 amide bonds. The number of aromatic hydroxyl groups is 1. The Hall–Kier alpha value is -3.02. The first-order chi connectivity index (χ1) is 12.5. The van der Waals surface area contributed by atoms with Crippen LogP contribution < -0.4 is 10.6 Å². The van der Waals surface area contributed by atoms with Gasteiger partial charge in [0, 0.05) is 13.0 Å². The van der Waals surface area contributed by atoms with E-state index < -0.39 is 6.09 Å². The van der Waals surface area contributed by atoms with Gasteiger partial charge in [-0.15, -0.1) is 0 Å². The summed E-state index contributed by atoms with van der Waals surface area (Å²) in [5.74, 6) is 0.0575. The molecule has 1 unspecified atom stereocenters. The molecule has 0 spiro atoms. The van der Waals surface area contributed by atoms with E-state index in [0.717, 1.165) is 11.1 Å². The highest BCUT2D eigenvalue weighted by Gasteiger charge is 2.10. The van der Waals surface area contributed by atoms with Gasteiger partial charge in [-0.05, 0) is 36.6 Å². The van der Waals surface area contributed by atoms with Crippen LogP contribution in [0.5, 0.6) is 5.75 Å². The Bertz CT molecular complexity index is 719. The van der Waals surface area contributed by atoms with E-state index in [2.05, 4.69) is 10.6 Å². The van der Waals surface area contributed by atoms with Crippen molar-refractivity contribution in [3.05, 3.63) is 65.7 Å². The van der Waals surface area contributed by atoms with Gasteiger partial charge in [-0.25, -0.2) is 4.79 Å². The van der Waals surface area contributed by atoms with E-state index in [-0.39, 0.29) is 24.3 Å². The number of rotatable bonds is 8. The molecule has 0 aliphatic rings. The molecule has 2 rings (SSSR count). The number of hydrogen-bond acceptors (Lipinski definition) is 4. The molecule has 0 radical (unpaired) electrons. The molecule has 1 atom stereocenters. The van der Waals surface area contributed by atoms with Crippen molar-refractivity contribution in [2.75, 3.05) is 6.54 Å². The molecule has 0 fully saturated rings. The molecule has 0 saturated carbocycles. The Morgan fingerprint density at radius 1 is 1.12 bits per heavy atom. The fraction of sp³-hybridized carbons (Fsp3) is 0.300. The predicted molar refractivity (Wildman–Crippen MR) is 98.5 cm³/mol. The molecule has 0 saturated heterocycles. The summed E-state index contributed by atoms with van der Waals surface area (Å²) in [5, 5.41) is 15.0. The molecule has 3 N–H and O–H groups in total. The summed E-state index contributed by atoms with van der Waals surface area (Å²) in [6.07, 6.45) is 0.309. The standard InChI is InChI=1S/C20H24N2O4/c1-15(17-9-5-10-18(23)13-17)22-19(24)11-6-12-21-20(25)26-14-16-7-3-2-4-8-16/h2-5,7-10,13,15,23H,6,11-12,14H2,1H3,(H,21,25)(H,22,24). The molecule has 138 valence electrons.